The Morgan fingerprint density at radius 2 is 2.22 bits per heavy atom. The molecule has 2 aromatic heterocycles. The molecule has 0 aliphatic heterocycles. The lowest BCUT2D eigenvalue weighted by Gasteiger charge is -1.97. The number of para-hydroxylation sites is 1. The van der Waals surface area contributed by atoms with Crippen LogP contribution in [-0.4, -0.2) is 15.9 Å². The minimum absolute atomic E-state index is 0.249. The lowest BCUT2D eigenvalue weighted by atomic mass is 10.3. The normalized spacial score (nSPS) is 10.7. The predicted octanol–water partition coefficient (Wildman–Crippen LogP) is 3.53. The van der Waals surface area contributed by atoms with E-state index < -0.39 is 0 Å². The minimum Gasteiger partial charge on any atom is -0.356 e. The van der Waals surface area contributed by atoms with Crippen molar-refractivity contribution in [2.45, 2.75) is 0 Å². The van der Waals surface area contributed by atoms with Crippen LogP contribution in [-0.2, 0) is 0 Å². The van der Waals surface area contributed by atoms with Gasteiger partial charge >= 0.3 is 0 Å². The number of benzene rings is 1. The Labute approximate surface area is 112 Å². The average Bonchev–Trinajstić information content (AvgIpc) is 2.94. The molecule has 1 aromatic carbocycles. The molecule has 0 aliphatic carbocycles. The Bertz CT molecular complexity index is 686. The van der Waals surface area contributed by atoms with Crippen LogP contribution in [0.25, 0.3) is 10.2 Å². The van der Waals surface area contributed by atoms with E-state index in [9.17, 15) is 4.79 Å². The summed E-state index contributed by atoms with van der Waals surface area (Å²) in [6, 6.07) is 9.31. The number of halogens is 1. The van der Waals surface area contributed by atoms with E-state index in [2.05, 4.69) is 15.3 Å². The first kappa shape index (κ1) is 11.3. The maximum absolute atomic E-state index is 11.9. The standard InChI is InChI=1S/C12H8ClN3OS/c13-7-5-9(14-6-7)11(17)16-12-15-8-3-1-2-4-10(8)18-12/h1-6,14H,(H,15,16,17). The number of carbonyl (C=O) groups is 1. The topological polar surface area (TPSA) is 57.8 Å². The molecule has 0 saturated carbocycles. The second-order valence-corrected chi connectivity index (χ2v) is 5.14. The summed E-state index contributed by atoms with van der Waals surface area (Å²) >= 11 is 7.18. The Balaban J connectivity index is 1.86. The molecule has 2 N–H and O–H groups in total. The summed E-state index contributed by atoms with van der Waals surface area (Å²) < 4.78 is 1.04. The van der Waals surface area contributed by atoms with E-state index in [1.54, 1.807) is 12.3 Å². The number of rotatable bonds is 2. The molecule has 0 bridgehead atoms. The Kier molecular flexibility index (Phi) is 2.77. The molecular formula is C12H8ClN3OS. The van der Waals surface area contributed by atoms with Crippen LogP contribution in [0.1, 0.15) is 10.5 Å². The Morgan fingerprint density at radius 1 is 1.39 bits per heavy atom. The fourth-order valence-corrected chi connectivity index (χ4v) is 2.61. The van der Waals surface area contributed by atoms with Gasteiger partial charge in [-0.1, -0.05) is 35.1 Å². The number of anilines is 1. The van der Waals surface area contributed by atoms with E-state index in [4.69, 9.17) is 11.6 Å². The Hall–Kier alpha value is -1.85. The largest absolute Gasteiger partial charge is 0.356 e. The summed E-state index contributed by atoms with van der Waals surface area (Å²) in [6.45, 7) is 0. The first-order valence-corrected chi connectivity index (χ1v) is 6.43. The summed E-state index contributed by atoms with van der Waals surface area (Å²) in [5.74, 6) is -0.249. The fraction of sp³-hybridized carbons (Fsp3) is 0. The van der Waals surface area contributed by atoms with Crippen LogP contribution in [0, 0.1) is 0 Å². The SMILES string of the molecule is O=C(Nc1nc2ccccc2s1)c1cc(Cl)c[nH]1. The summed E-state index contributed by atoms with van der Waals surface area (Å²) in [4.78, 5) is 19.0. The van der Waals surface area contributed by atoms with Crippen molar-refractivity contribution in [3.8, 4) is 0 Å². The molecule has 0 saturated heterocycles. The smallest absolute Gasteiger partial charge is 0.273 e. The zero-order valence-corrected chi connectivity index (χ0v) is 10.7. The molecule has 0 radical (unpaired) electrons. The number of H-pyrrole nitrogens is 1. The summed E-state index contributed by atoms with van der Waals surface area (Å²) in [7, 11) is 0. The van der Waals surface area contributed by atoms with E-state index in [1.165, 1.54) is 11.3 Å². The predicted molar refractivity (Wildman–Crippen MR) is 73.4 cm³/mol. The molecule has 0 atom stereocenters. The number of aromatic amines is 1. The van der Waals surface area contributed by atoms with E-state index in [0.717, 1.165) is 10.2 Å². The van der Waals surface area contributed by atoms with Crippen LogP contribution in [0.5, 0.6) is 0 Å². The highest BCUT2D eigenvalue weighted by molar-refractivity contribution is 7.22. The van der Waals surface area contributed by atoms with Crippen LogP contribution >= 0.6 is 22.9 Å². The van der Waals surface area contributed by atoms with Crippen molar-refractivity contribution in [2.75, 3.05) is 5.32 Å². The average molecular weight is 278 g/mol. The number of nitrogens with zero attached hydrogens (tertiary/aromatic N) is 1. The van der Waals surface area contributed by atoms with Gasteiger partial charge in [-0.25, -0.2) is 4.98 Å². The van der Waals surface area contributed by atoms with Crippen LogP contribution < -0.4 is 5.32 Å². The van der Waals surface area contributed by atoms with Crippen molar-refractivity contribution >= 4 is 44.2 Å². The van der Waals surface area contributed by atoms with Gasteiger partial charge in [0.2, 0.25) is 0 Å². The number of carbonyl (C=O) groups excluding carboxylic acids is 1. The summed E-state index contributed by atoms with van der Waals surface area (Å²) in [6.07, 6.45) is 1.56. The van der Waals surface area contributed by atoms with Crippen molar-refractivity contribution in [3.63, 3.8) is 0 Å². The van der Waals surface area contributed by atoms with Gasteiger partial charge in [-0.05, 0) is 18.2 Å². The lowest BCUT2D eigenvalue weighted by Crippen LogP contribution is -2.11. The molecule has 18 heavy (non-hydrogen) atoms. The first-order valence-electron chi connectivity index (χ1n) is 5.23. The molecule has 1 amide bonds. The fourth-order valence-electron chi connectivity index (χ4n) is 1.59. The van der Waals surface area contributed by atoms with Gasteiger partial charge in [0.1, 0.15) is 5.69 Å². The quantitative estimate of drug-likeness (QED) is 0.753. The molecule has 3 rings (SSSR count). The van der Waals surface area contributed by atoms with Gasteiger partial charge in [0, 0.05) is 6.20 Å². The van der Waals surface area contributed by atoms with Gasteiger partial charge in [0.05, 0.1) is 15.2 Å². The van der Waals surface area contributed by atoms with E-state index >= 15 is 0 Å². The van der Waals surface area contributed by atoms with Gasteiger partial charge in [0.15, 0.2) is 5.13 Å². The van der Waals surface area contributed by atoms with Gasteiger partial charge in [0.25, 0.3) is 5.91 Å². The third kappa shape index (κ3) is 2.10. The molecule has 0 unspecified atom stereocenters. The van der Waals surface area contributed by atoms with Crippen molar-refractivity contribution in [3.05, 3.63) is 47.2 Å². The van der Waals surface area contributed by atoms with E-state index in [1.807, 2.05) is 24.3 Å². The third-order valence-corrected chi connectivity index (χ3v) is 3.58. The van der Waals surface area contributed by atoms with Crippen LogP contribution in [0.4, 0.5) is 5.13 Å². The van der Waals surface area contributed by atoms with Gasteiger partial charge in [-0.2, -0.15) is 0 Å². The van der Waals surface area contributed by atoms with E-state index in [-0.39, 0.29) is 5.91 Å². The molecule has 2 heterocycles. The number of nitrogens with one attached hydrogen (secondary N) is 2. The molecule has 90 valence electrons. The molecule has 3 aromatic rings. The highest BCUT2D eigenvalue weighted by Gasteiger charge is 2.11. The number of thiazole rings is 1. The number of aromatic nitrogens is 2. The molecule has 0 fully saturated rings. The first-order chi connectivity index (χ1) is 8.72. The zero-order valence-electron chi connectivity index (χ0n) is 9.11. The zero-order chi connectivity index (χ0) is 12.5. The number of fused-ring (bicyclic) bond motifs is 1. The van der Waals surface area contributed by atoms with Crippen molar-refractivity contribution in [1.82, 2.24) is 9.97 Å². The second-order valence-electron chi connectivity index (χ2n) is 3.67. The molecule has 4 nitrogen and oxygen atoms in total. The highest BCUT2D eigenvalue weighted by Crippen LogP contribution is 2.25. The summed E-state index contributed by atoms with van der Waals surface area (Å²) in [5, 5.41) is 3.82. The number of hydrogen-bond acceptors (Lipinski definition) is 3. The molecule has 0 spiro atoms. The third-order valence-electron chi connectivity index (χ3n) is 2.41. The Morgan fingerprint density at radius 3 is 2.94 bits per heavy atom. The van der Waals surface area contributed by atoms with Crippen molar-refractivity contribution < 1.29 is 4.79 Å². The van der Waals surface area contributed by atoms with Crippen molar-refractivity contribution in [1.29, 1.82) is 0 Å². The lowest BCUT2D eigenvalue weighted by molar-refractivity contribution is 0.102. The van der Waals surface area contributed by atoms with Gasteiger partial charge in [-0.15, -0.1) is 0 Å². The molecular weight excluding hydrogens is 270 g/mol. The van der Waals surface area contributed by atoms with E-state index in [0.29, 0.717) is 15.8 Å². The summed E-state index contributed by atoms with van der Waals surface area (Å²) in [5.41, 5.74) is 1.29. The number of amides is 1. The maximum atomic E-state index is 11.9. The van der Waals surface area contributed by atoms with Crippen LogP contribution in [0.3, 0.4) is 0 Å². The number of hydrogen-bond donors (Lipinski definition) is 2. The maximum Gasteiger partial charge on any atom is 0.273 e. The second kappa shape index (κ2) is 4.44. The highest BCUT2D eigenvalue weighted by atomic mass is 35.5. The monoisotopic (exact) mass is 277 g/mol. The van der Waals surface area contributed by atoms with Gasteiger partial charge in [-0.3, -0.25) is 10.1 Å². The van der Waals surface area contributed by atoms with Crippen LogP contribution in [0.15, 0.2) is 36.5 Å². The van der Waals surface area contributed by atoms with Crippen molar-refractivity contribution in [2.24, 2.45) is 0 Å². The van der Waals surface area contributed by atoms with Crippen LogP contribution in [0.2, 0.25) is 5.02 Å². The van der Waals surface area contributed by atoms with Gasteiger partial charge < -0.3 is 4.98 Å². The molecule has 6 heteroatoms. The minimum atomic E-state index is -0.249. The molecule has 0 aliphatic rings.